The Bertz CT molecular complexity index is 1540. The number of carbonyl (C=O) groups excluding carboxylic acids is 1. The number of halogens is 4. The quantitative estimate of drug-likeness (QED) is 0.467. The third kappa shape index (κ3) is 4.99. The molecule has 0 saturated heterocycles. The molecular weight excluding hydrogens is 563 g/mol. The molecule has 1 aromatic carbocycles. The summed E-state index contributed by atoms with van der Waals surface area (Å²) in [6.45, 7) is 3.58. The summed E-state index contributed by atoms with van der Waals surface area (Å²) in [6, 6.07) is 4.76. The van der Waals surface area contributed by atoms with Crippen molar-refractivity contribution in [2.24, 2.45) is 0 Å². The normalized spacial score (nSPS) is 17.6. The van der Waals surface area contributed by atoms with E-state index in [0.717, 1.165) is 36.7 Å². The Labute approximate surface area is 226 Å². The third-order valence-electron chi connectivity index (χ3n) is 6.59. The molecule has 4 heterocycles. The van der Waals surface area contributed by atoms with Crippen LogP contribution in [0.1, 0.15) is 33.3 Å². The van der Waals surface area contributed by atoms with Gasteiger partial charge in [-0.3, -0.25) is 4.79 Å². The van der Waals surface area contributed by atoms with E-state index in [4.69, 9.17) is 11.6 Å². The van der Waals surface area contributed by atoms with Gasteiger partial charge in [-0.15, -0.1) is 11.3 Å². The number of rotatable bonds is 4. The molecule has 0 spiro atoms. The molecule has 5 rings (SSSR count). The van der Waals surface area contributed by atoms with Crippen molar-refractivity contribution in [3.8, 4) is 10.6 Å². The van der Waals surface area contributed by atoms with Gasteiger partial charge in [0.05, 0.1) is 31.9 Å². The zero-order valence-corrected chi connectivity index (χ0v) is 22.8. The summed E-state index contributed by atoms with van der Waals surface area (Å²) in [4.78, 5) is 24.0. The number of sulfone groups is 1. The molecule has 2 aromatic heterocycles. The van der Waals surface area contributed by atoms with E-state index in [1.165, 1.54) is 4.90 Å². The Balaban J connectivity index is 1.59. The van der Waals surface area contributed by atoms with Crippen LogP contribution in [0.15, 0.2) is 29.3 Å². The fourth-order valence-electron chi connectivity index (χ4n) is 4.53. The van der Waals surface area contributed by atoms with Crippen LogP contribution in [0.5, 0.6) is 0 Å². The highest BCUT2D eigenvalue weighted by Gasteiger charge is 2.38. The minimum atomic E-state index is -4.82. The van der Waals surface area contributed by atoms with Crippen LogP contribution in [0.3, 0.4) is 0 Å². The molecule has 3 aromatic rings. The van der Waals surface area contributed by atoms with E-state index in [9.17, 15) is 26.4 Å². The standard InChI is InChI=1S/C24H23ClF3N5O3S2/c1-3-33-6-7-38(35,36)19-10-18(37-21(19)22(33)34)20-15(24(26,27)28)11-29-23(31-20)30-17-9-13-4-5-32(2)12-14(13)8-16(17)25/h8-11H,3-7,12H2,1-2H3,(H,29,30,31). The molecule has 2 aliphatic heterocycles. The molecular formula is C24H23ClF3N5O3S2. The Morgan fingerprint density at radius 3 is 2.66 bits per heavy atom. The molecule has 8 nitrogen and oxygen atoms in total. The molecule has 202 valence electrons. The average Bonchev–Trinajstić information content (AvgIpc) is 3.27. The molecule has 38 heavy (non-hydrogen) atoms. The number of amides is 1. The van der Waals surface area contributed by atoms with E-state index in [-0.39, 0.29) is 39.4 Å². The van der Waals surface area contributed by atoms with Crippen molar-refractivity contribution in [2.45, 2.75) is 31.0 Å². The number of nitrogens with zero attached hydrogens (tertiary/aromatic N) is 4. The van der Waals surface area contributed by atoms with Crippen LogP contribution in [-0.4, -0.2) is 66.5 Å². The van der Waals surface area contributed by atoms with E-state index < -0.39 is 33.2 Å². The molecule has 1 amide bonds. The topological polar surface area (TPSA) is 95.5 Å². The molecule has 0 atom stereocenters. The fraction of sp³-hybridized carbons (Fsp3) is 0.375. The SMILES string of the molecule is CCN1CCS(=O)(=O)c2cc(-c3nc(Nc4cc5c(cc4Cl)CN(C)CC5)ncc3C(F)(F)F)sc2C1=O. The van der Waals surface area contributed by atoms with Crippen molar-refractivity contribution in [1.82, 2.24) is 19.8 Å². The Morgan fingerprint density at radius 2 is 1.95 bits per heavy atom. The Hall–Kier alpha value is -2.74. The molecule has 0 unspecified atom stereocenters. The first-order valence-corrected chi connectivity index (χ1v) is 14.6. The van der Waals surface area contributed by atoms with Gasteiger partial charge >= 0.3 is 6.18 Å². The maximum absolute atomic E-state index is 14.0. The van der Waals surface area contributed by atoms with Crippen molar-refractivity contribution >= 4 is 50.3 Å². The molecule has 2 aliphatic rings. The summed E-state index contributed by atoms with van der Waals surface area (Å²) < 4.78 is 67.6. The average molecular weight is 586 g/mol. The van der Waals surface area contributed by atoms with Gasteiger partial charge < -0.3 is 15.1 Å². The van der Waals surface area contributed by atoms with E-state index in [2.05, 4.69) is 20.2 Å². The second-order valence-electron chi connectivity index (χ2n) is 9.17. The number of benzene rings is 1. The monoisotopic (exact) mass is 585 g/mol. The highest BCUT2D eigenvalue weighted by molar-refractivity contribution is 7.91. The molecule has 1 N–H and O–H groups in total. The summed E-state index contributed by atoms with van der Waals surface area (Å²) in [5, 5.41) is 3.28. The first-order chi connectivity index (χ1) is 17.9. The number of fused-ring (bicyclic) bond motifs is 2. The zero-order chi connectivity index (χ0) is 27.4. The van der Waals surface area contributed by atoms with Gasteiger partial charge in [0.25, 0.3) is 5.91 Å². The van der Waals surface area contributed by atoms with E-state index in [0.29, 0.717) is 28.2 Å². The van der Waals surface area contributed by atoms with Gasteiger partial charge in [-0.05, 0) is 49.7 Å². The molecule has 0 bridgehead atoms. The lowest BCUT2D eigenvalue weighted by atomic mass is 9.99. The van der Waals surface area contributed by atoms with Crippen molar-refractivity contribution in [1.29, 1.82) is 0 Å². The lowest BCUT2D eigenvalue weighted by Gasteiger charge is -2.26. The number of hydrogen-bond donors (Lipinski definition) is 1. The maximum atomic E-state index is 14.0. The van der Waals surface area contributed by atoms with Gasteiger partial charge in [-0.2, -0.15) is 13.2 Å². The summed E-state index contributed by atoms with van der Waals surface area (Å²) >= 11 is 7.13. The summed E-state index contributed by atoms with van der Waals surface area (Å²) in [5.74, 6) is -0.992. The fourth-order valence-corrected chi connectivity index (χ4v) is 7.72. The lowest BCUT2D eigenvalue weighted by molar-refractivity contribution is -0.137. The molecule has 14 heteroatoms. The summed E-state index contributed by atoms with van der Waals surface area (Å²) in [7, 11) is -1.88. The first kappa shape index (κ1) is 26.9. The van der Waals surface area contributed by atoms with Crippen LogP contribution in [0.2, 0.25) is 5.02 Å². The molecule has 0 saturated carbocycles. The highest BCUT2D eigenvalue weighted by Crippen LogP contribution is 2.42. The van der Waals surface area contributed by atoms with Crippen LogP contribution in [-0.2, 0) is 29.0 Å². The predicted molar refractivity (Wildman–Crippen MR) is 139 cm³/mol. The highest BCUT2D eigenvalue weighted by atomic mass is 35.5. The minimum Gasteiger partial charge on any atom is -0.337 e. The number of hydrogen-bond acceptors (Lipinski definition) is 8. The van der Waals surface area contributed by atoms with Gasteiger partial charge in [-0.25, -0.2) is 18.4 Å². The number of carbonyl (C=O) groups is 1. The Morgan fingerprint density at radius 1 is 1.18 bits per heavy atom. The zero-order valence-electron chi connectivity index (χ0n) is 20.4. The van der Waals surface area contributed by atoms with E-state index >= 15 is 0 Å². The first-order valence-electron chi connectivity index (χ1n) is 11.7. The number of aromatic nitrogens is 2. The van der Waals surface area contributed by atoms with Crippen molar-refractivity contribution < 1.29 is 26.4 Å². The number of thiophene rings is 1. The number of anilines is 2. The number of alkyl halides is 3. The largest absolute Gasteiger partial charge is 0.420 e. The van der Waals surface area contributed by atoms with Crippen molar-refractivity contribution in [3.63, 3.8) is 0 Å². The van der Waals surface area contributed by atoms with Gasteiger partial charge in [0.2, 0.25) is 5.95 Å². The van der Waals surface area contributed by atoms with Crippen LogP contribution in [0, 0.1) is 0 Å². The molecule has 0 radical (unpaired) electrons. The van der Waals surface area contributed by atoms with Crippen LogP contribution < -0.4 is 5.32 Å². The predicted octanol–water partition coefficient (Wildman–Crippen LogP) is 4.86. The minimum absolute atomic E-state index is 0.0155. The smallest absolute Gasteiger partial charge is 0.337 e. The molecule has 0 aliphatic carbocycles. The number of nitrogens with one attached hydrogen (secondary N) is 1. The number of likely N-dealkylation sites (N-methyl/N-ethyl adjacent to an activating group) is 1. The molecule has 0 fully saturated rings. The van der Waals surface area contributed by atoms with Gasteiger partial charge in [0, 0.05) is 32.4 Å². The van der Waals surface area contributed by atoms with Gasteiger partial charge in [-0.1, -0.05) is 11.6 Å². The van der Waals surface area contributed by atoms with Crippen LogP contribution in [0.25, 0.3) is 10.6 Å². The van der Waals surface area contributed by atoms with E-state index in [1.54, 1.807) is 6.92 Å². The Kier molecular flexibility index (Phi) is 6.91. The van der Waals surface area contributed by atoms with Crippen LogP contribution in [0.4, 0.5) is 24.8 Å². The van der Waals surface area contributed by atoms with Crippen molar-refractivity contribution in [3.05, 3.63) is 51.0 Å². The lowest BCUT2D eigenvalue weighted by Crippen LogP contribution is -2.31. The maximum Gasteiger partial charge on any atom is 0.420 e. The summed E-state index contributed by atoms with van der Waals surface area (Å²) in [5.41, 5.74) is 0.911. The third-order valence-corrected chi connectivity index (χ3v) is 9.88. The summed E-state index contributed by atoms with van der Waals surface area (Å²) in [6.07, 6.45) is -3.39. The van der Waals surface area contributed by atoms with Crippen LogP contribution >= 0.6 is 22.9 Å². The van der Waals surface area contributed by atoms with Gasteiger partial charge in [0.15, 0.2) is 9.84 Å². The second kappa shape index (κ2) is 9.78. The second-order valence-corrected chi connectivity index (χ2v) is 12.7. The van der Waals surface area contributed by atoms with Crippen molar-refractivity contribution in [2.75, 3.05) is 37.8 Å². The van der Waals surface area contributed by atoms with E-state index in [1.807, 2.05) is 19.2 Å². The van der Waals surface area contributed by atoms with Gasteiger partial charge in [0.1, 0.15) is 10.4 Å².